The van der Waals surface area contributed by atoms with Gasteiger partial charge in [0.15, 0.2) is 17.3 Å². The van der Waals surface area contributed by atoms with Crippen LogP contribution in [0.2, 0.25) is 0 Å². The largest absolute Gasteiger partial charge is 0.507 e. The smallest absolute Gasteiger partial charge is 0.274 e. The van der Waals surface area contributed by atoms with Crippen molar-refractivity contribution >= 4 is 62.3 Å². The van der Waals surface area contributed by atoms with Crippen LogP contribution < -0.4 is 14.4 Å². The molecule has 1 aliphatic rings. The molecule has 2 N–H and O–H groups in total. The Bertz CT molecular complexity index is 1520. The number of methoxy groups -OCH3 is 2. The number of nitrogens with zero attached hydrogens (tertiary/aromatic N) is 1. The molecule has 2 heterocycles. The van der Waals surface area contributed by atoms with Crippen molar-refractivity contribution in [3.8, 4) is 17.2 Å². The fraction of sp³-hybridized carbons (Fsp3) is 0.222. The van der Waals surface area contributed by atoms with E-state index in [0.29, 0.717) is 39.0 Å². The zero-order valence-electron chi connectivity index (χ0n) is 20.8. The normalized spacial score (nSPS) is 14.3. The average molecular weight is 617 g/mol. The number of ketones is 1. The summed E-state index contributed by atoms with van der Waals surface area (Å²) in [6, 6.07) is 12.3. The van der Waals surface area contributed by atoms with Gasteiger partial charge in [0.1, 0.15) is 16.3 Å². The molecule has 10 heteroatoms. The van der Waals surface area contributed by atoms with Gasteiger partial charge < -0.3 is 31.9 Å². The molecule has 191 valence electrons. The number of halogens is 2. The monoisotopic (exact) mass is 616 g/mol. The molecule has 1 atom stereocenters. The van der Waals surface area contributed by atoms with Crippen molar-refractivity contribution in [3.63, 3.8) is 0 Å². The Kier molecular flexibility index (Phi) is 8.85. The van der Waals surface area contributed by atoms with E-state index in [-0.39, 0.29) is 75.7 Å². The summed E-state index contributed by atoms with van der Waals surface area (Å²) in [7, 11) is 2.93. The van der Waals surface area contributed by atoms with Gasteiger partial charge in [-0.15, -0.1) is 23.2 Å². The number of carbonyl (C=O) groups is 2. The molecule has 0 aliphatic carbocycles. The number of amides is 1. The first-order chi connectivity index (χ1) is 16.8. The molecule has 1 aromatic heterocycles. The molecule has 4 aromatic rings. The second kappa shape index (κ2) is 11.2. The van der Waals surface area contributed by atoms with Gasteiger partial charge in [-0.3, -0.25) is 9.59 Å². The fourth-order valence-corrected chi connectivity index (χ4v) is 5.32. The molecule has 0 spiro atoms. The summed E-state index contributed by atoms with van der Waals surface area (Å²) in [4.78, 5) is 29.9. The van der Waals surface area contributed by atoms with Gasteiger partial charge in [0.2, 0.25) is 0 Å². The number of ether oxygens (including phenoxy) is 2. The van der Waals surface area contributed by atoms with Crippen LogP contribution in [0.25, 0.3) is 21.7 Å². The van der Waals surface area contributed by atoms with Gasteiger partial charge in [-0.2, -0.15) is 0 Å². The van der Waals surface area contributed by atoms with Crippen molar-refractivity contribution in [2.45, 2.75) is 17.7 Å². The van der Waals surface area contributed by atoms with Crippen molar-refractivity contribution in [1.29, 1.82) is 0 Å². The first-order valence-corrected chi connectivity index (χ1v) is 11.8. The number of hydrogen-bond acceptors (Lipinski definition) is 5. The van der Waals surface area contributed by atoms with Gasteiger partial charge in [-0.05, 0) is 30.0 Å². The van der Waals surface area contributed by atoms with Gasteiger partial charge >= 0.3 is 0 Å². The molecule has 7 nitrogen and oxygen atoms in total. The van der Waals surface area contributed by atoms with Crippen molar-refractivity contribution in [1.82, 2.24) is 4.98 Å². The summed E-state index contributed by atoms with van der Waals surface area (Å²) in [5.41, 5.74) is 2.53. The molecule has 0 unspecified atom stereocenters. The fourth-order valence-electron chi connectivity index (χ4n) is 4.91. The van der Waals surface area contributed by atoms with Gasteiger partial charge in [-0.1, -0.05) is 24.3 Å². The number of hydrogen-bond donors (Lipinski definition) is 2. The Morgan fingerprint density at radius 1 is 1.08 bits per heavy atom. The standard InChI is InChI=1S/C26H22Cl2N2O5.CH3.Y/c1-12(31)16-8-13-9-18(29-22(13)24(35-3)23(16)34-2)26(33)30-11-17(25(27)28)21-15-7-5-4-6-14(15)20(32)10-19(21)30;;/h4-10,17,25,29,32H,11H2,1-3H3;1H3;/q;-1;/t17-;;/m1../s1. The minimum Gasteiger partial charge on any atom is -0.507 e. The van der Waals surface area contributed by atoms with Gasteiger partial charge in [-0.25, -0.2) is 0 Å². The molecular formula is C27H25Cl2N2O5Y-. The average Bonchev–Trinajstić information content (AvgIpc) is 3.44. The summed E-state index contributed by atoms with van der Waals surface area (Å²) in [5, 5.41) is 12.8. The molecule has 1 radical (unpaired) electrons. The Morgan fingerprint density at radius 2 is 1.73 bits per heavy atom. The van der Waals surface area contributed by atoms with E-state index in [1.807, 2.05) is 24.3 Å². The van der Waals surface area contributed by atoms with E-state index in [2.05, 4.69) is 4.98 Å². The number of benzene rings is 3. The Morgan fingerprint density at radius 3 is 2.32 bits per heavy atom. The van der Waals surface area contributed by atoms with Crippen LogP contribution in [0.4, 0.5) is 5.69 Å². The van der Waals surface area contributed by atoms with E-state index >= 15 is 0 Å². The number of anilines is 1. The predicted molar refractivity (Wildman–Crippen MR) is 143 cm³/mol. The van der Waals surface area contributed by atoms with Crippen LogP contribution in [0.3, 0.4) is 0 Å². The van der Waals surface area contributed by atoms with E-state index in [4.69, 9.17) is 32.7 Å². The summed E-state index contributed by atoms with van der Waals surface area (Å²) in [6.07, 6.45) is 0. The molecule has 0 bridgehead atoms. The summed E-state index contributed by atoms with van der Waals surface area (Å²) >= 11 is 12.7. The third kappa shape index (κ3) is 4.72. The van der Waals surface area contributed by atoms with E-state index in [9.17, 15) is 14.7 Å². The third-order valence-electron chi connectivity index (χ3n) is 6.48. The number of aromatic amines is 1. The summed E-state index contributed by atoms with van der Waals surface area (Å²) in [5.74, 6) is -0.176. The second-order valence-corrected chi connectivity index (χ2v) is 9.59. The number of aromatic nitrogens is 1. The maximum absolute atomic E-state index is 13.8. The molecule has 1 amide bonds. The minimum atomic E-state index is -0.760. The Balaban J connectivity index is 0.00000190. The third-order valence-corrected chi connectivity index (χ3v) is 7.08. The van der Waals surface area contributed by atoms with E-state index < -0.39 is 4.84 Å². The molecule has 0 fully saturated rings. The molecular weight excluding hydrogens is 592 g/mol. The van der Waals surface area contributed by atoms with Crippen molar-refractivity contribution in [2.24, 2.45) is 0 Å². The van der Waals surface area contributed by atoms with Crippen LogP contribution in [-0.4, -0.2) is 47.4 Å². The van der Waals surface area contributed by atoms with Gasteiger partial charge in [0, 0.05) is 62.0 Å². The van der Waals surface area contributed by atoms with Crippen LogP contribution in [-0.2, 0) is 32.7 Å². The summed E-state index contributed by atoms with van der Waals surface area (Å²) in [6.45, 7) is 1.68. The van der Waals surface area contributed by atoms with Gasteiger partial charge in [0.05, 0.1) is 31.0 Å². The van der Waals surface area contributed by atoms with Crippen molar-refractivity contribution in [2.75, 3.05) is 25.7 Å². The first-order valence-electron chi connectivity index (χ1n) is 10.9. The maximum Gasteiger partial charge on any atom is 0.274 e. The van der Waals surface area contributed by atoms with Crippen LogP contribution in [0.1, 0.15) is 39.3 Å². The number of aromatic hydroxyl groups is 1. The molecule has 5 rings (SSSR count). The zero-order valence-corrected chi connectivity index (χ0v) is 25.1. The number of alkyl halides is 2. The minimum absolute atomic E-state index is 0. The number of H-pyrrole nitrogens is 1. The van der Waals surface area contributed by atoms with E-state index in [0.717, 1.165) is 10.9 Å². The molecule has 0 saturated carbocycles. The zero-order chi connectivity index (χ0) is 25.0. The number of phenolic OH excluding ortho intramolecular Hbond substituents is 1. The number of rotatable bonds is 5. The number of nitrogens with one attached hydrogen (secondary N) is 1. The second-order valence-electron chi connectivity index (χ2n) is 8.42. The molecule has 37 heavy (non-hydrogen) atoms. The first kappa shape index (κ1) is 29.2. The predicted octanol–water partition coefficient (Wildman–Crippen LogP) is 6.24. The SMILES string of the molecule is COc1c(C(C)=O)cc2cc(C(=O)N3C[C@@H](C(Cl)Cl)c4c3cc(O)c3ccccc43)[nH]c2c1OC.[CH3-].[Y]. The van der Waals surface area contributed by atoms with Crippen LogP contribution in [0.5, 0.6) is 17.2 Å². The van der Waals surface area contributed by atoms with Crippen molar-refractivity contribution < 1.29 is 56.9 Å². The van der Waals surface area contributed by atoms with Crippen LogP contribution in [0.15, 0.2) is 42.5 Å². The summed E-state index contributed by atoms with van der Waals surface area (Å²) < 4.78 is 11.0. The number of Topliss-reactive ketones (excluding diaryl/α,β-unsaturated/α-hetero) is 1. The Hall–Kier alpha value is -2.32. The number of phenols is 1. The maximum atomic E-state index is 13.8. The number of fused-ring (bicyclic) bond motifs is 4. The number of carbonyl (C=O) groups excluding carboxylic acids is 2. The topological polar surface area (TPSA) is 91.9 Å². The van der Waals surface area contributed by atoms with Crippen LogP contribution in [0, 0.1) is 7.43 Å². The van der Waals surface area contributed by atoms with E-state index in [1.54, 1.807) is 23.1 Å². The molecule has 3 aromatic carbocycles. The molecule has 1 aliphatic heterocycles. The Labute approximate surface area is 249 Å². The quantitative estimate of drug-likeness (QED) is 0.157. The van der Waals surface area contributed by atoms with E-state index in [1.165, 1.54) is 21.1 Å². The van der Waals surface area contributed by atoms with Crippen molar-refractivity contribution in [3.05, 3.63) is 66.7 Å². The van der Waals surface area contributed by atoms with Crippen LogP contribution >= 0.6 is 23.2 Å². The molecule has 0 saturated heterocycles. The van der Waals surface area contributed by atoms with Gasteiger partial charge in [0.25, 0.3) is 5.91 Å².